The first kappa shape index (κ1) is 17.7. The van der Waals surface area contributed by atoms with Gasteiger partial charge in [0.25, 0.3) is 0 Å². The van der Waals surface area contributed by atoms with Gasteiger partial charge in [0.2, 0.25) is 11.8 Å². The van der Waals surface area contributed by atoms with Gasteiger partial charge >= 0.3 is 0 Å². The largest absolute Gasteiger partial charge is 0.376 e. The molecule has 0 spiro atoms. The number of hydrogen-bond acceptors (Lipinski definition) is 6. The van der Waals surface area contributed by atoms with Crippen LogP contribution in [0.25, 0.3) is 0 Å². The van der Waals surface area contributed by atoms with Crippen LogP contribution in [0, 0.1) is 5.92 Å². The van der Waals surface area contributed by atoms with E-state index in [1.165, 1.54) is 0 Å². The Kier molecular flexibility index (Phi) is 5.31. The van der Waals surface area contributed by atoms with Gasteiger partial charge in [0.15, 0.2) is 5.82 Å². The summed E-state index contributed by atoms with van der Waals surface area (Å²) < 4.78 is 0. The van der Waals surface area contributed by atoms with Gasteiger partial charge in [0, 0.05) is 44.5 Å². The van der Waals surface area contributed by atoms with Crippen molar-refractivity contribution in [1.29, 1.82) is 0 Å². The van der Waals surface area contributed by atoms with Crippen LogP contribution in [-0.2, 0) is 9.59 Å². The maximum atomic E-state index is 12.3. The van der Waals surface area contributed by atoms with Crippen LogP contribution in [0.15, 0.2) is 36.5 Å². The Hall–Kier alpha value is -3.16. The SMILES string of the molecule is CN(C)c1cnnc(Nc2ccc(NC(=O)C3CCC(=O)NC3)cc2)c1. The third-order valence-corrected chi connectivity index (χ3v) is 4.22. The molecule has 0 bridgehead atoms. The zero-order valence-electron chi connectivity index (χ0n) is 14.8. The molecule has 1 fully saturated rings. The summed E-state index contributed by atoms with van der Waals surface area (Å²) >= 11 is 0. The number of piperidine rings is 1. The zero-order chi connectivity index (χ0) is 18.5. The molecule has 2 aromatic rings. The summed E-state index contributed by atoms with van der Waals surface area (Å²) in [6.07, 6.45) is 2.67. The van der Waals surface area contributed by atoms with Crippen molar-refractivity contribution in [2.24, 2.45) is 5.92 Å². The topological polar surface area (TPSA) is 99.2 Å². The van der Waals surface area contributed by atoms with Crippen molar-refractivity contribution >= 4 is 34.7 Å². The smallest absolute Gasteiger partial charge is 0.229 e. The van der Waals surface area contributed by atoms with Gasteiger partial charge in [-0.1, -0.05) is 0 Å². The number of amides is 2. The van der Waals surface area contributed by atoms with Crippen LogP contribution in [0.5, 0.6) is 0 Å². The number of carbonyl (C=O) groups excluding carboxylic acids is 2. The average molecular weight is 354 g/mol. The van der Waals surface area contributed by atoms with Gasteiger partial charge in [-0.2, -0.15) is 5.10 Å². The number of hydrogen-bond donors (Lipinski definition) is 3. The first-order chi connectivity index (χ1) is 12.5. The predicted molar refractivity (Wildman–Crippen MR) is 100 cm³/mol. The summed E-state index contributed by atoms with van der Waals surface area (Å²) in [6.45, 7) is 0.394. The fraction of sp³-hybridized carbons (Fsp3) is 0.333. The Bertz CT molecular complexity index is 781. The number of rotatable bonds is 5. The van der Waals surface area contributed by atoms with E-state index in [9.17, 15) is 9.59 Å². The van der Waals surface area contributed by atoms with E-state index >= 15 is 0 Å². The second kappa shape index (κ2) is 7.81. The highest BCUT2D eigenvalue weighted by atomic mass is 16.2. The molecule has 1 unspecified atom stereocenters. The lowest BCUT2D eigenvalue weighted by Crippen LogP contribution is -2.40. The highest BCUT2D eigenvalue weighted by Gasteiger charge is 2.24. The highest BCUT2D eigenvalue weighted by molar-refractivity contribution is 5.94. The summed E-state index contributed by atoms with van der Waals surface area (Å²) in [7, 11) is 3.88. The standard InChI is InChI=1S/C18H22N6O2/c1-24(2)15-9-16(23-20-11-15)21-13-4-6-14(7-5-13)22-18(26)12-3-8-17(25)19-10-12/h4-7,9,11-12H,3,8,10H2,1-2H3,(H,19,25)(H,21,23)(H,22,26). The van der Waals surface area contributed by atoms with Crippen molar-refractivity contribution in [3.8, 4) is 0 Å². The van der Waals surface area contributed by atoms with Crippen LogP contribution in [-0.4, -0.2) is 42.7 Å². The minimum absolute atomic E-state index is 0.00547. The molecule has 0 aliphatic carbocycles. The molecule has 8 heteroatoms. The van der Waals surface area contributed by atoms with Gasteiger partial charge in [0.1, 0.15) is 0 Å². The Morgan fingerprint density at radius 2 is 1.96 bits per heavy atom. The van der Waals surface area contributed by atoms with E-state index in [0.29, 0.717) is 30.9 Å². The molecular formula is C18H22N6O2. The van der Waals surface area contributed by atoms with E-state index in [1.807, 2.05) is 49.3 Å². The molecule has 8 nitrogen and oxygen atoms in total. The maximum Gasteiger partial charge on any atom is 0.229 e. The summed E-state index contributed by atoms with van der Waals surface area (Å²) in [5.41, 5.74) is 2.51. The van der Waals surface area contributed by atoms with E-state index in [4.69, 9.17) is 0 Å². The van der Waals surface area contributed by atoms with E-state index < -0.39 is 0 Å². The Morgan fingerprint density at radius 1 is 1.23 bits per heavy atom. The molecule has 1 aliphatic heterocycles. The number of nitrogens with zero attached hydrogens (tertiary/aromatic N) is 3. The number of carbonyl (C=O) groups is 2. The lowest BCUT2D eigenvalue weighted by atomic mass is 9.98. The van der Waals surface area contributed by atoms with Crippen LogP contribution in [0.1, 0.15) is 12.8 Å². The summed E-state index contributed by atoms with van der Waals surface area (Å²) in [5.74, 6) is 0.390. The predicted octanol–water partition coefficient (Wildman–Crippen LogP) is 1.75. The normalized spacial score (nSPS) is 16.5. The number of nitrogens with one attached hydrogen (secondary N) is 3. The number of benzene rings is 1. The molecule has 3 N–H and O–H groups in total. The molecule has 1 aromatic heterocycles. The first-order valence-electron chi connectivity index (χ1n) is 8.46. The fourth-order valence-electron chi connectivity index (χ4n) is 2.65. The molecule has 3 rings (SSSR count). The summed E-state index contributed by atoms with van der Waals surface area (Å²) in [5, 5.41) is 16.8. The Morgan fingerprint density at radius 3 is 2.62 bits per heavy atom. The van der Waals surface area contributed by atoms with E-state index in [2.05, 4.69) is 26.1 Å². The molecule has 136 valence electrons. The molecule has 2 heterocycles. The van der Waals surface area contributed by atoms with Crippen LogP contribution >= 0.6 is 0 Å². The van der Waals surface area contributed by atoms with E-state index in [1.54, 1.807) is 6.20 Å². The van der Waals surface area contributed by atoms with Crippen molar-refractivity contribution < 1.29 is 9.59 Å². The van der Waals surface area contributed by atoms with Gasteiger partial charge in [-0.25, -0.2) is 0 Å². The molecule has 0 saturated carbocycles. The monoisotopic (exact) mass is 354 g/mol. The summed E-state index contributed by atoms with van der Waals surface area (Å²) in [6, 6.07) is 9.28. The molecule has 1 atom stereocenters. The van der Waals surface area contributed by atoms with Crippen molar-refractivity contribution in [2.75, 3.05) is 36.2 Å². The maximum absolute atomic E-state index is 12.3. The average Bonchev–Trinajstić information content (AvgIpc) is 2.64. The molecule has 26 heavy (non-hydrogen) atoms. The van der Waals surface area contributed by atoms with Gasteiger partial charge in [-0.15, -0.1) is 5.10 Å². The van der Waals surface area contributed by atoms with Crippen LogP contribution in [0.2, 0.25) is 0 Å². The number of aromatic nitrogens is 2. The molecule has 2 amide bonds. The van der Waals surface area contributed by atoms with Crippen molar-refractivity contribution in [2.45, 2.75) is 12.8 Å². The van der Waals surface area contributed by atoms with Crippen molar-refractivity contribution in [1.82, 2.24) is 15.5 Å². The Labute approximate surface area is 152 Å². The Balaban J connectivity index is 1.59. The van der Waals surface area contributed by atoms with Crippen LogP contribution in [0.3, 0.4) is 0 Å². The van der Waals surface area contributed by atoms with Gasteiger partial charge < -0.3 is 20.9 Å². The zero-order valence-corrected chi connectivity index (χ0v) is 14.8. The van der Waals surface area contributed by atoms with Crippen LogP contribution in [0.4, 0.5) is 22.9 Å². The van der Waals surface area contributed by atoms with Gasteiger partial charge in [0.05, 0.1) is 17.8 Å². The summed E-state index contributed by atoms with van der Waals surface area (Å²) in [4.78, 5) is 25.4. The molecule has 1 aromatic carbocycles. The minimum Gasteiger partial charge on any atom is -0.376 e. The minimum atomic E-state index is -0.186. The molecule has 0 radical (unpaired) electrons. The van der Waals surface area contributed by atoms with E-state index in [0.717, 1.165) is 11.4 Å². The van der Waals surface area contributed by atoms with Gasteiger partial charge in [-0.3, -0.25) is 9.59 Å². The lowest BCUT2D eigenvalue weighted by Gasteiger charge is -2.21. The lowest BCUT2D eigenvalue weighted by molar-refractivity contribution is -0.126. The van der Waals surface area contributed by atoms with Crippen LogP contribution < -0.4 is 20.9 Å². The van der Waals surface area contributed by atoms with Crippen molar-refractivity contribution in [3.63, 3.8) is 0 Å². The third-order valence-electron chi connectivity index (χ3n) is 4.22. The second-order valence-corrected chi connectivity index (χ2v) is 6.42. The van der Waals surface area contributed by atoms with E-state index in [-0.39, 0.29) is 17.7 Å². The third kappa shape index (κ3) is 4.47. The number of anilines is 4. The first-order valence-corrected chi connectivity index (χ1v) is 8.46. The quantitative estimate of drug-likeness (QED) is 0.757. The molecule has 1 aliphatic rings. The second-order valence-electron chi connectivity index (χ2n) is 6.42. The highest BCUT2D eigenvalue weighted by Crippen LogP contribution is 2.21. The fourth-order valence-corrected chi connectivity index (χ4v) is 2.65. The van der Waals surface area contributed by atoms with Gasteiger partial charge in [-0.05, 0) is 30.7 Å². The van der Waals surface area contributed by atoms with Crippen molar-refractivity contribution in [3.05, 3.63) is 36.5 Å². The molecular weight excluding hydrogens is 332 g/mol. The molecule has 1 saturated heterocycles.